The Morgan fingerprint density at radius 3 is 0.507 bits per heavy atom. The molecule has 1 aliphatic heterocycles. The van der Waals surface area contributed by atoms with Crippen LogP contribution in [0.3, 0.4) is 0 Å². The summed E-state index contributed by atoms with van der Waals surface area (Å²) < 4.78 is 66.0. The third-order valence-corrected chi connectivity index (χ3v) is 26.6. The van der Waals surface area contributed by atoms with Gasteiger partial charge >= 0.3 is 47.8 Å². The van der Waals surface area contributed by atoms with Crippen molar-refractivity contribution in [2.24, 2.45) is 40.1 Å². The Morgan fingerprint density at radius 2 is 0.358 bits per heavy atom. The molecule has 18 N–H and O–H groups in total. The van der Waals surface area contributed by atoms with Gasteiger partial charge in [-0.3, -0.25) is 38.4 Å². The van der Waals surface area contributed by atoms with Crippen molar-refractivity contribution < 1.29 is 113 Å². The van der Waals surface area contributed by atoms with Crippen molar-refractivity contribution >= 4 is 47.8 Å². The molecule has 0 amide bonds. The van der Waals surface area contributed by atoms with Crippen LogP contribution in [0.2, 0.25) is 0 Å². The average Bonchev–Trinajstić information content (AvgIpc) is 1.60. The highest BCUT2D eigenvalue weighted by Gasteiger charge is 2.34. The smallest absolute Gasteiger partial charge is 0.310 e. The topological polar surface area (TPSA) is 487 Å². The number of nitrogens with zero attached hydrogens (tertiary/aromatic N) is 8. The number of pyridine rings is 8. The molecule has 0 aromatic carbocycles. The van der Waals surface area contributed by atoms with Gasteiger partial charge in [0.1, 0.15) is 105 Å². The molecule has 0 atom stereocenters. The number of fused-ring (bicyclic) bond motifs is 8. The quantitative estimate of drug-likeness (QED) is 0.0117. The molecule has 0 radical (unpaired) electrons. The van der Waals surface area contributed by atoms with Gasteiger partial charge < -0.3 is 98.0 Å². The van der Waals surface area contributed by atoms with E-state index in [0.29, 0.717) is 204 Å². The molecule has 13 rings (SSSR count). The highest BCUT2D eigenvalue weighted by molar-refractivity contribution is 5.79. The first-order valence-corrected chi connectivity index (χ1v) is 52.1. The third kappa shape index (κ3) is 35.0. The first kappa shape index (κ1) is 111. The fourth-order valence-electron chi connectivity index (χ4n) is 18.2. The van der Waals surface area contributed by atoms with Crippen molar-refractivity contribution in [1.29, 1.82) is 0 Å². The summed E-state index contributed by atoms with van der Waals surface area (Å²) in [5, 5.41) is 0. The number of hydrogen-bond acceptors (Lipinski definition) is 23. The van der Waals surface area contributed by atoms with Crippen LogP contribution >= 0.6 is 0 Å². The van der Waals surface area contributed by atoms with Gasteiger partial charge in [0, 0.05) is 290 Å². The molecule has 13 heterocycles. The predicted molar refractivity (Wildman–Crippen MR) is 545 cm³/mol. The lowest BCUT2D eigenvalue weighted by atomic mass is 9.93. The van der Waals surface area contributed by atoms with Crippen LogP contribution in [-0.2, 0) is 259 Å². The maximum Gasteiger partial charge on any atom is 0.310 e. The Bertz CT molecular complexity index is 6270. The summed E-state index contributed by atoms with van der Waals surface area (Å²) in [6, 6.07) is 30.2. The van der Waals surface area contributed by atoms with E-state index in [2.05, 4.69) is 31.4 Å². The summed E-state index contributed by atoms with van der Waals surface area (Å²) in [6.45, 7) is 10.7. The summed E-state index contributed by atoms with van der Waals surface area (Å²) >= 11 is 0. The second-order valence-corrected chi connectivity index (χ2v) is 37.8. The monoisotopic (exact) mass is 2030 g/mol. The van der Waals surface area contributed by atoms with Gasteiger partial charge in [-0.15, -0.1) is 0 Å². The normalized spacial score (nSPS) is 11.7. The van der Waals surface area contributed by atoms with Crippen LogP contribution in [0.4, 0.5) is 0 Å². The molecule has 0 saturated carbocycles. The Morgan fingerprint density at radius 1 is 0.216 bits per heavy atom. The number of nitrogens with two attached hydrogens (primary N) is 7. The lowest BCUT2D eigenvalue weighted by Gasteiger charge is -2.12. The van der Waals surface area contributed by atoms with Crippen LogP contribution in [0.5, 0.6) is 0 Å². The van der Waals surface area contributed by atoms with E-state index in [1.807, 2.05) is 228 Å². The van der Waals surface area contributed by atoms with Gasteiger partial charge in [0.25, 0.3) is 0 Å². The first-order valence-electron chi connectivity index (χ1n) is 52.1. The lowest BCUT2D eigenvalue weighted by Crippen LogP contribution is -2.33. The summed E-state index contributed by atoms with van der Waals surface area (Å²) in [4.78, 5) is 137. The maximum atomic E-state index is 15.5. The number of unbranched alkanes of at least 4 members (excludes halogenated alkanes) is 1. The second-order valence-electron chi connectivity index (χ2n) is 37.8. The molecule has 35 heteroatoms. The van der Waals surface area contributed by atoms with E-state index in [4.69, 9.17) is 78.0 Å². The molecule has 8 bridgehead atoms. The van der Waals surface area contributed by atoms with Gasteiger partial charge in [-0.25, -0.2) is 36.5 Å². The molecule has 12 aromatic heterocycles. The number of rotatable bonds is 60. The molecule has 0 aliphatic carbocycles. The zero-order valence-corrected chi connectivity index (χ0v) is 85.6. The number of aryl methyl sites for hydroxylation is 8. The van der Waals surface area contributed by atoms with E-state index in [1.165, 1.54) is 0 Å². The van der Waals surface area contributed by atoms with E-state index < -0.39 is 47.8 Å². The predicted octanol–water partition coefficient (Wildman–Crippen LogP) is 6.06. The SMILES string of the molecule is CCCC[n+]1ccc(COC(=O)CCc2c3[nH]c(c2CC(=O)OCc2cc[n+](CCCN)cc2)Cc2[nH]c(c(CC(=O)OCc4cc[n+](CCCN)cc4)c2CCC(=O)OCc2cc[n+](CCCN)cc2)Cc2[nH]c(c(CC(=O)OCc4cc[n+](CCCN)cc4)c2CCC(=O)OCc2cc[n+](CCCN)cc2)Cc2[nH]c(c(CCC(=O)OCc4cc[n+](CCCN)cc4)c2CC(=O)OCc2cc[n+](CCCN)cc2)C3)cc1. The number of carbonyl (C=O) groups excluding carboxylic acids is 8. The molecular weight excluding hydrogens is 1880 g/mol. The lowest BCUT2D eigenvalue weighted by molar-refractivity contribution is -0.697. The van der Waals surface area contributed by atoms with Crippen molar-refractivity contribution in [3.05, 3.63) is 331 Å². The number of carbonyl (C=O) groups is 8. The van der Waals surface area contributed by atoms with Crippen LogP contribution in [0.1, 0.15) is 225 Å². The minimum atomic E-state index is -0.626. The van der Waals surface area contributed by atoms with Gasteiger partial charge in [-0.05, 0) is 116 Å². The number of aromatic nitrogens is 12. The van der Waals surface area contributed by atoms with Gasteiger partial charge in [0.15, 0.2) is 99.1 Å². The van der Waals surface area contributed by atoms with Gasteiger partial charge in [0.05, 0.1) is 25.7 Å². The molecule has 148 heavy (non-hydrogen) atoms. The Kier molecular flexibility index (Phi) is 44.2. The Labute approximate surface area is 865 Å². The molecular formula is C113H149N19O16+8. The minimum Gasteiger partial charge on any atom is -0.461 e. The van der Waals surface area contributed by atoms with Crippen LogP contribution in [0, 0.1) is 0 Å². The second kappa shape index (κ2) is 59.0. The molecule has 12 aromatic rings. The van der Waals surface area contributed by atoms with E-state index in [-0.39, 0.29) is 156 Å². The number of ether oxygens (including phenoxy) is 8. The summed E-state index contributed by atoms with van der Waals surface area (Å²) in [7, 11) is 0. The summed E-state index contributed by atoms with van der Waals surface area (Å²) in [5.74, 6) is -4.68. The van der Waals surface area contributed by atoms with Crippen molar-refractivity contribution in [2.45, 2.75) is 273 Å². The number of hydrogen-bond donors (Lipinski definition) is 11. The largest absolute Gasteiger partial charge is 0.461 e. The molecule has 0 saturated heterocycles. The highest BCUT2D eigenvalue weighted by Crippen LogP contribution is 2.37. The van der Waals surface area contributed by atoms with Crippen molar-refractivity contribution in [3.8, 4) is 0 Å². The van der Waals surface area contributed by atoms with Crippen molar-refractivity contribution in [1.82, 2.24) is 19.9 Å². The zero-order chi connectivity index (χ0) is 104. The Hall–Kier alpha value is -14.2. The third-order valence-electron chi connectivity index (χ3n) is 26.6. The molecule has 35 nitrogen and oxygen atoms in total. The van der Waals surface area contributed by atoms with Gasteiger partial charge in [-0.2, -0.15) is 0 Å². The standard InChI is InChI=1S/C113H149N19O16/c1-2-3-42-125-50-19-82(20-51-125)74-141-106(133)15-11-90-94(66-110(137)145-78-86-27-58-129(59-28-86)46-7-38-117)102-71-100-92(13-17-108(135)143-76-84-23-54-127(55-24-84)44-5-36-115)95(67-111(138)146-79-87-29-60-130(61-30-87)47-8-39-118)103(123-100)72-101-93(14-18-109(136)144-77-85-25-56-128(57-26-85)45-6-37-116)97(69-113(140)148-81-89-33-64-132(65-34-89)49-10-41-120)105(124-101)73-104-96(68-112(139)147-80-88-31-62-131(63-32-88)48-9-40-119)91(99(122-104)70-98(90)121-102)12-16-107(134)142-75-83-21-52-126(53-22-83)43-4-35-114/h19-34,50-65,121-124H,2-18,35-49,66-81,114-120H2,1H3/q+8. The number of H-pyrrole nitrogens is 4. The van der Waals surface area contributed by atoms with Crippen LogP contribution in [0.25, 0.3) is 0 Å². The molecule has 0 spiro atoms. The first-order chi connectivity index (χ1) is 72.2. The zero-order valence-electron chi connectivity index (χ0n) is 85.6. The average molecular weight is 2030 g/mol. The van der Waals surface area contributed by atoms with Gasteiger partial charge in [-0.1, -0.05) is 13.3 Å². The maximum absolute atomic E-state index is 15.5. The fourth-order valence-corrected chi connectivity index (χ4v) is 18.2. The van der Waals surface area contributed by atoms with Gasteiger partial charge in [0.2, 0.25) is 0 Å². The number of nitrogens with one attached hydrogen (secondary N) is 4. The fraction of sp³-hybridized carbons (Fsp3) is 0.434. The summed E-state index contributed by atoms with van der Waals surface area (Å²) in [5.41, 5.74) is 55.1. The summed E-state index contributed by atoms with van der Waals surface area (Å²) in [6.07, 6.45) is 35.4. The van der Waals surface area contributed by atoms with Crippen LogP contribution in [0.15, 0.2) is 196 Å². The molecule has 0 fully saturated rings. The highest BCUT2D eigenvalue weighted by atomic mass is 16.6. The van der Waals surface area contributed by atoms with Crippen molar-refractivity contribution in [2.75, 3.05) is 45.8 Å². The molecule has 784 valence electrons. The minimum absolute atomic E-state index is 0.00826. The Balaban J connectivity index is 1.01. The molecule has 0 unspecified atom stereocenters. The van der Waals surface area contributed by atoms with E-state index in [9.17, 15) is 19.2 Å². The van der Waals surface area contributed by atoms with Crippen LogP contribution in [-0.4, -0.2) is 114 Å². The number of aromatic amines is 4. The van der Waals surface area contributed by atoms with E-state index in [0.717, 1.165) is 86.6 Å². The van der Waals surface area contributed by atoms with E-state index in [1.54, 1.807) is 0 Å². The van der Waals surface area contributed by atoms with E-state index >= 15 is 19.2 Å². The van der Waals surface area contributed by atoms with Crippen molar-refractivity contribution in [3.63, 3.8) is 0 Å². The number of esters is 8. The molecule has 1 aliphatic rings. The van der Waals surface area contributed by atoms with Crippen LogP contribution < -0.4 is 76.7 Å².